The number of aryl methyl sites for hydroxylation is 1. The van der Waals surface area contributed by atoms with E-state index in [1.54, 1.807) is 25.1 Å². The summed E-state index contributed by atoms with van der Waals surface area (Å²) < 4.78 is 23.7. The molecule has 4 nitrogen and oxygen atoms in total. The molecule has 0 aliphatic rings. The molecule has 5 heteroatoms. The van der Waals surface area contributed by atoms with Crippen molar-refractivity contribution in [2.75, 3.05) is 5.73 Å². The second kappa shape index (κ2) is 3.91. The molecule has 0 spiro atoms. The number of anilines is 1. The minimum Gasteiger partial charge on any atom is -0.397 e. The van der Waals surface area contributed by atoms with E-state index in [1.165, 1.54) is 13.0 Å². The first-order valence-electron chi connectivity index (χ1n) is 4.40. The first-order chi connectivity index (χ1) is 6.91. The monoisotopic (exact) mass is 224 g/mol. The molecule has 0 amide bonds. The van der Waals surface area contributed by atoms with Gasteiger partial charge in [-0.3, -0.25) is 0 Å². The number of rotatable bonds is 2. The Morgan fingerprint density at radius 1 is 1.47 bits per heavy atom. The summed E-state index contributed by atoms with van der Waals surface area (Å²) in [5.74, 6) is 0. The summed E-state index contributed by atoms with van der Waals surface area (Å²) in [6, 6.07) is 6.47. The summed E-state index contributed by atoms with van der Waals surface area (Å²) in [5, 5.41) is 7.54. The number of nitrogen functional groups attached to an aromatic ring is 1. The molecule has 80 valence electrons. The summed E-state index contributed by atoms with van der Waals surface area (Å²) in [6.07, 6.45) is 0. The molecule has 1 rings (SSSR count). The summed E-state index contributed by atoms with van der Waals surface area (Å²) in [4.78, 5) is 0.0385. The van der Waals surface area contributed by atoms with E-state index in [0.29, 0.717) is 5.56 Å². The Hall–Kier alpha value is -1.54. The molecule has 0 fully saturated rings. The molecule has 0 saturated carbocycles. The maximum Gasteiger partial charge on any atom is 0.196 e. The van der Waals surface area contributed by atoms with Crippen LogP contribution >= 0.6 is 0 Å². The molecule has 0 radical (unpaired) electrons. The Balaban J connectivity index is 3.43. The van der Waals surface area contributed by atoms with E-state index >= 15 is 0 Å². The van der Waals surface area contributed by atoms with E-state index in [0.717, 1.165) is 0 Å². The van der Waals surface area contributed by atoms with Crippen molar-refractivity contribution in [3.05, 3.63) is 23.8 Å². The van der Waals surface area contributed by atoms with Gasteiger partial charge in [-0.2, -0.15) is 5.26 Å². The van der Waals surface area contributed by atoms with E-state index in [2.05, 4.69) is 0 Å². The SMILES string of the molecule is Cc1cccc(S(=O)(=O)C(C)C#N)c1N. The number of benzene rings is 1. The average molecular weight is 224 g/mol. The molecular weight excluding hydrogens is 212 g/mol. The minimum atomic E-state index is -3.63. The lowest BCUT2D eigenvalue weighted by Crippen LogP contribution is -2.17. The third-order valence-electron chi connectivity index (χ3n) is 2.24. The van der Waals surface area contributed by atoms with Crippen LogP contribution in [0.5, 0.6) is 0 Å². The highest BCUT2D eigenvalue weighted by atomic mass is 32.2. The topological polar surface area (TPSA) is 84.0 Å². The zero-order valence-electron chi connectivity index (χ0n) is 8.56. The van der Waals surface area contributed by atoms with E-state index in [1.807, 2.05) is 0 Å². The highest BCUT2D eigenvalue weighted by molar-refractivity contribution is 7.92. The molecule has 15 heavy (non-hydrogen) atoms. The zero-order chi connectivity index (χ0) is 11.6. The van der Waals surface area contributed by atoms with Gasteiger partial charge in [0.1, 0.15) is 5.25 Å². The fraction of sp³-hybridized carbons (Fsp3) is 0.300. The summed E-state index contributed by atoms with van der Waals surface area (Å²) in [6.45, 7) is 3.07. The van der Waals surface area contributed by atoms with E-state index in [-0.39, 0.29) is 10.6 Å². The lowest BCUT2D eigenvalue weighted by atomic mass is 10.2. The smallest absolute Gasteiger partial charge is 0.196 e. The van der Waals surface area contributed by atoms with Crippen molar-refractivity contribution in [3.8, 4) is 6.07 Å². The van der Waals surface area contributed by atoms with Gasteiger partial charge in [-0.05, 0) is 25.5 Å². The van der Waals surface area contributed by atoms with Crippen molar-refractivity contribution in [1.82, 2.24) is 0 Å². The third-order valence-corrected chi connectivity index (χ3v) is 4.24. The van der Waals surface area contributed by atoms with Crippen molar-refractivity contribution in [3.63, 3.8) is 0 Å². The van der Waals surface area contributed by atoms with Gasteiger partial charge in [0.15, 0.2) is 9.84 Å². The van der Waals surface area contributed by atoms with Crippen molar-refractivity contribution in [1.29, 1.82) is 5.26 Å². The van der Waals surface area contributed by atoms with Crippen LogP contribution in [0.1, 0.15) is 12.5 Å². The maximum absolute atomic E-state index is 11.8. The number of sulfone groups is 1. The molecule has 0 heterocycles. The Labute approximate surface area is 89.2 Å². The number of nitrogens with zero attached hydrogens (tertiary/aromatic N) is 1. The summed E-state index contributed by atoms with van der Waals surface area (Å²) in [7, 11) is -3.63. The molecule has 0 aliphatic carbocycles. The molecule has 1 aromatic carbocycles. The Morgan fingerprint density at radius 2 is 2.07 bits per heavy atom. The van der Waals surface area contributed by atoms with Crippen LogP contribution in [0.25, 0.3) is 0 Å². The molecule has 0 saturated heterocycles. The van der Waals surface area contributed by atoms with Crippen molar-refractivity contribution >= 4 is 15.5 Å². The normalized spacial score (nSPS) is 13.1. The molecule has 1 atom stereocenters. The van der Waals surface area contributed by atoms with Gasteiger partial charge in [0.25, 0.3) is 0 Å². The zero-order valence-corrected chi connectivity index (χ0v) is 9.38. The number of nitrogens with two attached hydrogens (primary N) is 1. The van der Waals surface area contributed by atoms with Gasteiger partial charge in [-0.25, -0.2) is 8.42 Å². The van der Waals surface area contributed by atoms with Crippen LogP contribution in [0.2, 0.25) is 0 Å². The summed E-state index contributed by atoms with van der Waals surface area (Å²) >= 11 is 0. The van der Waals surface area contributed by atoms with Gasteiger partial charge >= 0.3 is 0 Å². The van der Waals surface area contributed by atoms with Gasteiger partial charge in [0.05, 0.1) is 16.7 Å². The first kappa shape index (κ1) is 11.5. The maximum atomic E-state index is 11.8. The Bertz CT molecular complexity index is 515. The average Bonchev–Trinajstić information content (AvgIpc) is 2.20. The van der Waals surface area contributed by atoms with Crippen LogP contribution < -0.4 is 5.73 Å². The van der Waals surface area contributed by atoms with E-state index < -0.39 is 15.1 Å². The molecular formula is C10H12N2O2S. The third kappa shape index (κ3) is 1.95. The first-order valence-corrected chi connectivity index (χ1v) is 5.94. The van der Waals surface area contributed by atoms with Crippen LogP contribution in [0, 0.1) is 18.3 Å². The molecule has 2 N–H and O–H groups in total. The van der Waals surface area contributed by atoms with Crippen LogP contribution in [-0.4, -0.2) is 13.7 Å². The van der Waals surface area contributed by atoms with Gasteiger partial charge in [-0.15, -0.1) is 0 Å². The number of hydrogen-bond donors (Lipinski definition) is 1. The second-order valence-corrected chi connectivity index (χ2v) is 5.54. The molecule has 0 bridgehead atoms. The highest BCUT2D eigenvalue weighted by Gasteiger charge is 2.25. The van der Waals surface area contributed by atoms with Gasteiger partial charge in [-0.1, -0.05) is 12.1 Å². The standard InChI is InChI=1S/C10H12N2O2S/c1-7-4-3-5-9(10(7)12)15(13,14)8(2)6-11/h3-5,8H,12H2,1-2H3. The second-order valence-electron chi connectivity index (χ2n) is 3.30. The quantitative estimate of drug-likeness (QED) is 0.766. The van der Waals surface area contributed by atoms with Crippen LogP contribution in [-0.2, 0) is 9.84 Å². The van der Waals surface area contributed by atoms with Crippen LogP contribution in [0.3, 0.4) is 0 Å². The largest absolute Gasteiger partial charge is 0.397 e. The van der Waals surface area contributed by atoms with Crippen molar-refractivity contribution < 1.29 is 8.42 Å². The van der Waals surface area contributed by atoms with Gasteiger partial charge in [0, 0.05) is 0 Å². The predicted octanol–water partition coefficient (Wildman–Crippen LogP) is 1.26. The fourth-order valence-electron chi connectivity index (χ4n) is 1.16. The molecule has 0 aromatic heterocycles. The fourth-order valence-corrected chi connectivity index (χ4v) is 2.42. The lowest BCUT2D eigenvalue weighted by molar-refractivity contribution is 0.592. The van der Waals surface area contributed by atoms with E-state index in [9.17, 15) is 8.42 Å². The highest BCUT2D eigenvalue weighted by Crippen LogP contribution is 2.24. The van der Waals surface area contributed by atoms with Crippen molar-refractivity contribution in [2.45, 2.75) is 24.0 Å². The van der Waals surface area contributed by atoms with Crippen LogP contribution in [0.15, 0.2) is 23.1 Å². The summed E-state index contributed by atoms with van der Waals surface area (Å²) in [5.41, 5.74) is 6.59. The van der Waals surface area contributed by atoms with Gasteiger partial charge in [0.2, 0.25) is 0 Å². The molecule has 1 unspecified atom stereocenters. The van der Waals surface area contributed by atoms with Gasteiger partial charge < -0.3 is 5.73 Å². The minimum absolute atomic E-state index is 0.0385. The lowest BCUT2D eigenvalue weighted by Gasteiger charge is -2.10. The number of hydrogen-bond acceptors (Lipinski definition) is 4. The molecule has 0 aliphatic heterocycles. The Morgan fingerprint density at radius 3 is 2.60 bits per heavy atom. The Kier molecular flexibility index (Phi) is 3.01. The van der Waals surface area contributed by atoms with Crippen molar-refractivity contribution in [2.24, 2.45) is 0 Å². The predicted molar refractivity (Wildman–Crippen MR) is 57.9 cm³/mol. The van der Waals surface area contributed by atoms with E-state index in [4.69, 9.17) is 11.0 Å². The number of nitriles is 1. The number of para-hydroxylation sites is 1. The van der Waals surface area contributed by atoms with Crippen LogP contribution in [0.4, 0.5) is 5.69 Å². The molecule has 1 aromatic rings.